The third-order valence-corrected chi connectivity index (χ3v) is 8.00. The zero-order valence-corrected chi connectivity index (χ0v) is 27.7. The Morgan fingerprint density at radius 3 is 1.96 bits per heavy atom. The van der Waals surface area contributed by atoms with E-state index in [-0.39, 0.29) is 25.1 Å². The molecule has 5 rings (SSSR count). The lowest BCUT2D eigenvalue weighted by Crippen LogP contribution is -2.57. The number of ether oxygens (including phenoxy) is 1. The summed E-state index contributed by atoms with van der Waals surface area (Å²) in [6.45, 7) is 1.62. The number of methoxy groups -OCH3 is 1. The molecule has 3 aromatic carbocycles. The van der Waals surface area contributed by atoms with Crippen LogP contribution in [0.3, 0.4) is 0 Å². The number of nitrogens with zero attached hydrogens (tertiary/aromatic N) is 2. The standard InChI is InChI=1S/C38H38N6O6/c1-25(40-37(48)32-24-44-20-10-9-15-33(44)41-32)35(46)43-31(22-27-16-18-29(50-2)19-17-27)36(47)42-30(21-26-11-5-3-6-12-26)34(45)38(49)39-23-28-13-7-4-8-14-28/h3-20,24-25,30-31H,21-23H2,1-2H3,(H,39,49)(H,40,48)(H,42,47)(H,43,46)/t25-,30-,31-/m0/s1. The highest BCUT2D eigenvalue weighted by Gasteiger charge is 2.31. The lowest BCUT2D eigenvalue weighted by molar-refractivity contribution is -0.140. The summed E-state index contributed by atoms with van der Waals surface area (Å²) in [5, 5.41) is 10.7. The van der Waals surface area contributed by atoms with Crippen molar-refractivity contribution in [1.29, 1.82) is 0 Å². The van der Waals surface area contributed by atoms with Crippen LogP contribution in [-0.4, -0.2) is 64.0 Å². The SMILES string of the molecule is COc1ccc(C[C@H](NC(=O)[C@H](C)NC(=O)c2cn3ccccc3n2)C(=O)N[C@@H](Cc2ccccc2)C(=O)C(=O)NCc2ccccc2)cc1. The predicted octanol–water partition coefficient (Wildman–Crippen LogP) is 2.80. The molecule has 0 aliphatic rings. The minimum absolute atomic E-state index is 0.0405. The van der Waals surface area contributed by atoms with Gasteiger partial charge in [-0.2, -0.15) is 0 Å². The van der Waals surface area contributed by atoms with E-state index in [1.165, 1.54) is 14.0 Å². The predicted molar refractivity (Wildman–Crippen MR) is 186 cm³/mol. The van der Waals surface area contributed by atoms with Crippen molar-refractivity contribution in [1.82, 2.24) is 30.7 Å². The highest BCUT2D eigenvalue weighted by Crippen LogP contribution is 2.14. The first-order valence-corrected chi connectivity index (χ1v) is 16.1. The molecule has 2 heterocycles. The van der Waals surface area contributed by atoms with Gasteiger partial charge in [-0.3, -0.25) is 24.0 Å². The monoisotopic (exact) mass is 674 g/mol. The van der Waals surface area contributed by atoms with Gasteiger partial charge >= 0.3 is 0 Å². The summed E-state index contributed by atoms with van der Waals surface area (Å²) in [4.78, 5) is 71.2. The van der Waals surface area contributed by atoms with Gasteiger partial charge in [0.25, 0.3) is 11.8 Å². The van der Waals surface area contributed by atoms with Crippen molar-refractivity contribution >= 4 is 35.1 Å². The minimum Gasteiger partial charge on any atom is -0.497 e. The first-order chi connectivity index (χ1) is 24.2. The van der Waals surface area contributed by atoms with E-state index in [2.05, 4.69) is 26.3 Å². The van der Waals surface area contributed by atoms with Crippen LogP contribution in [0.4, 0.5) is 0 Å². The first kappa shape index (κ1) is 35.0. The van der Waals surface area contributed by atoms with Gasteiger partial charge in [-0.25, -0.2) is 4.98 Å². The van der Waals surface area contributed by atoms with E-state index in [1.807, 2.05) is 36.4 Å². The molecule has 0 saturated heterocycles. The van der Waals surface area contributed by atoms with Crippen molar-refractivity contribution in [3.63, 3.8) is 0 Å². The van der Waals surface area contributed by atoms with Crippen LogP contribution < -0.4 is 26.0 Å². The smallest absolute Gasteiger partial charge is 0.289 e. The van der Waals surface area contributed by atoms with E-state index in [9.17, 15) is 24.0 Å². The zero-order chi connectivity index (χ0) is 35.5. The number of amides is 4. The van der Waals surface area contributed by atoms with Crippen LogP contribution in [0.15, 0.2) is 116 Å². The molecule has 12 nitrogen and oxygen atoms in total. The summed E-state index contributed by atoms with van der Waals surface area (Å²) in [6, 6.07) is 27.0. The molecule has 256 valence electrons. The molecule has 0 aliphatic heterocycles. The van der Waals surface area contributed by atoms with Gasteiger partial charge in [-0.05, 0) is 47.9 Å². The number of carbonyl (C=O) groups excluding carboxylic acids is 5. The Hall–Kier alpha value is -6.30. The van der Waals surface area contributed by atoms with E-state index < -0.39 is 47.5 Å². The maximum Gasteiger partial charge on any atom is 0.289 e. The van der Waals surface area contributed by atoms with E-state index >= 15 is 0 Å². The molecule has 12 heteroatoms. The largest absolute Gasteiger partial charge is 0.497 e. The summed E-state index contributed by atoms with van der Waals surface area (Å²) >= 11 is 0. The van der Waals surface area contributed by atoms with E-state index in [4.69, 9.17) is 4.74 Å². The maximum absolute atomic E-state index is 13.9. The summed E-state index contributed by atoms with van der Waals surface area (Å²) in [5.74, 6) is -2.96. The van der Waals surface area contributed by atoms with Gasteiger partial charge < -0.3 is 30.4 Å². The fraction of sp³-hybridized carbons (Fsp3) is 0.211. The number of benzene rings is 3. The molecular weight excluding hydrogens is 636 g/mol. The molecule has 2 aromatic heterocycles. The van der Waals surface area contributed by atoms with Crippen LogP contribution in [0.2, 0.25) is 0 Å². The Balaban J connectivity index is 1.32. The van der Waals surface area contributed by atoms with Crippen molar-refractivity contribution in [3.05, 3.63) is 138 Å². The molecule has 0 radical (unpaired) electrons. The number of rotatable bonds is 15. The molecule has 3 atom stereocenters. The van der Waals surface area contributed by atoms with Crippen molar-refractivity contribution in [2.24, 2.45) is 0 Å². The molecular formula is C38H38N6O6. The fourth-order valence-electron chi connectivity index (χ4n) is 5.24. The van der Waals surface area contributed by atoms with Gasteiger partial charge in [-0.15, -0.1) is 0 Å². The number of Topliss-reactive ketones (excluding diaryl/α,β-unsaturated/α-hetero) is 1. The van der Waals surface area contributed by atoms with Crippen molar-refractivity contribution < 1.29 is 28.7 Å². The number of pyridine rings is 1. The number of hydrogen-bond donors (Lipinski definition) is 4. The van der Waals surface area contributed by atoms with E-state index in [0.29, 0.717) is 17.0 Å². The molecule has 0 spiro atoms. The number of nitrogens with one attached hydrogen (secondary N) is 4. The Labute approximate surface area is 289 Å². The van der Waals surface area contributed by atoms with Gasteiger partial charge in [0.1, 0.15) is 35.2 Å². The van der Waals surface area contributed by atoms with Gasteiger partial charge in [0.05, 0.1) is 7.11 Å². The molecule has 4 amide bonds. The van der Waals surface area contributed by atoms with Crippen LogP contribution >= 0.6 is 0 Å². The number of imidazole rings is 1. The van der Waals surface area contributed by atoms with Crippen LogP contribution in [0.5, 0.6) is 5.75 Å². The number of fused-ring (bicyclic) bond motifs is 1. The number of hydrogen-bond acceptors (Lipinski definition) is 7. The number of aromatic nitrogens is 2. The highest BCUT2D eigenvalue weighted by atomic mass is 16.5. The third-order valence-electron chi connectivity index (χ3n) is 8.00. The summed E-state index contributed by atoms with van der Waals surface area (Å²) in [6.07, 6.45) is 3.38. The van der Waals surface area contributed by atoms with Crippen molar-refractivity contribution in [2.45, 2.75) is 44.4 Å². The quantitative estimate of drug-likeness (QED) is 0.124. The lowest BCUT2D eigenvalue weighted by Gasteiger charge is -2.24. The Morgan fingerprint density at radius 2 is 1.30 bits per heavy atom. The zero-order valence-electron chi connectivity index (χ0n) is 27.7. The van der Waals surface area contributed by atoms with E-state index in [0.717, 1.165) is 11.1 Å². The summed E-state index contributed by atoms with van der Waals surface area (Å²) in [5.41, 5.74) is 2.91. The highest BCUT2D eigenvalue weighted by molar-refractivity contribution is 6.38. The Morgan fingerprint density at radius 1 is 0.700 bits per heavy atom. The molecule has 0 saturated carbocycles. The lowest BCUT2D eigenvalue weighted by atomic mass is 9.99. The second kappa shape index (κ2) is 16.7. The second-order valence-electron chi connectivity index (χ2n) is 11.7. The molecule has 0 fully saturated rings. The van der Waals surface area contributed by atoms with Crippen LogP contribution in [0.1, 0.15) is 34.1 Å². The average Bonchev–Trinajstić information content (AvgIpc) is 3.59. The van der Waals surface area contributed by atoms with Gasteiger partial charge in [0, 0.05) is 31.8 Å². The molecule has 0 unspecified atom stereocenters. The second-order valence-corrected chi connectivity index (χ2v) is 11.7. The van der Waals surface area contributed by atoms with Crippen molar-refractivity contribution in [2.75, 3.05) is 7.11 Å². The van der Waals surface area contributed by atoms with Gasteiger partial charge in [-0.1, -0.05) is 78.9 Å². The normalized spacial score (nSPS) is 12.6. The molecule has 0 aliphatic carbocycles. The topological polar surface area (TPSA) is 160 Å². The summed E-state index contributed by atoms with van der Waals surface area (Å²) < 4.78 is 6.93. The number of carbonyl (C=O) groups is 5. The Kier molecular flexibility index (Phi) is 11.7. The third kappa shape index (κ3) is 9.41. The molecule has 0 bridgehead atoms. The molecule has 50 heavy (non-hydrogen) atoms. The molecule has 4 N–H and O–H groups in total. The van der Waals surface area contributed by atoms with Crippen molar-refractivity contribution in [3.8, 4) is 5.75 Å². The van der Waals surface area contributed by atoms with Crippen LogP contribution in [0.25, 0.3) is 5.65 Å². The summed E-state index contributed by atoms with van der Waals surface area (Å²) in [7, 11) is 1.54. The minimum atomic E-state index is -1.23. The van der Waals surface area contributed by atoms with Crippen LogP contribution in [0, 0.1) is 0 Å². The van der Waals surface area contributed by atoms with Crippen LogP contribution in [-0.2, 0) is 38.6 Å². The van der Waals surface area contributed by atoms with E-state index in [1.54, 1.807) is 83.5 Å². The van der Waals surface area contributed by atoms with Gasteiger partial charge in [0.15, 0.2) is 0 Å². The Bertz CT molecular complexity index is 1910. The first-order valence-electron chi connectivity index (χ1n) is 16.1. The average molecular weight is 675 g/mol. The number of ketones is 1. The maximum atomic E-state index is 13.9. The molecule has 5 aromatic rings. The van der Waals surface area contributed by atoms with Gasteiger partial charge in [0.2, 0.25) is 17.6 Å². The fourth-order valence-corrected chi connectivity index (χ4v) is 5.24.